The quantitative estimate of drug-likeness (QED) is 0.722. The zero-order chi connectivity index (χ0) is 9.68. The third-order valence-electron chi connectivity index (χ3n) is 3.30. The van der Waals surface area contributed by atoms with Crippen molar-refractivity contribution in [1.82, 2.24) is 4.90 Å². The highest BCUT2D eigenvalue weighted by atomic mass is 15.1. The molecule has 0 aromatic carbocycles. The lowest BCUT2D eigenvalue weighted by Crippen LogP contribution is -2.41. The van der Waals surface area contributed by atoms with Crippen LogP contribution in [-0.2, 0) is 0 Å². The van der Waals surface area contributed by atoms with Gasteiger partial charge in [0.25, 0.3) is 0 Å². The molecule has 1 aliphatic rings. The van der Waals surface area contributed by atoms with Gasteiger partial charge in [0.15, 0.2) is 0 Å². The van der Waals surface area contributed by atoms with Crippen LogP contribution in [0.2, 0.25) is 0 Å². The Morgan fingerprint density at radius 1 is 1.23 bits per heavy atom. The predicted molar refractivity (Wildman–Crippen MR) is 57.7 cm³/mol. The van der Waals surface area contributed by atoms with Gasteiger partial charge in [-0.25, -0.2) is 0 Å². The summed E-state index contributed by atoms with van der Waals surface area (Å²) in [6.07, 6.45) is 5.03. The van der Waals surface area contributed by atoms with Crippen molar-refractivity contribution in [2.24, 2.45) is 11.7 Å². The Morgan fingerprint density at radius 3 is 2.23 bits per heavy atom. The minimum absolute atomic E-state index is 0.470. The average Bonchev–Trinajstić information content (AvgIpc) is 2.17. The lowest BCUT2D eigenvalue weighted by Gasteiger charge is -2.32. The normalized spacial score (nSPS) is 21.2. The molecule has 0 aromatic heterocycles. The Bertz CT molecular complexity index is 124. The molecule has 2 nitrogen and oxygen atoms in total. The van der Waals surface area contributed by atoms with Crippen LogP contribution in [0.1, 0.15) is 39.5 Å². The maximum Gasteiger partial charge on any atom is 0.00631 e. The minimum Gasteiger partial charge on any atom is -0.328 e. The van der Waals surface area contributed by atoms with Crippen LogP contribution in [0.5, 0.6) is 0 Å². The lowest BCUT2D eigenvalue weighted by atomic mass is 10.00. The second-order valence-electron chi connectivity index (χ2n) is 4.32. The molecule has 0 aromatic rings. The number of nitrogens with two attached hydrogens (primary N) is 1. The molecule has 0 bridgehead atoms. The van der Waals surface area contributed by atoms with Crippen molar-refractivity contribution < 1.29 is 0 Å². The molecule has 0 spiro atoms. The topological polar surface area (TPSA) is 29.3 Å². The van der Waals surface area contributed by atoms with Crippen LogP contribution < -0.4 is 5.73 Å². The molecule has 2 heteroatoms. The van der Waals surface area contributed by atoms with Crippen molar-refractivity contribution in [3.8, 4) is 0 Å². The van der Waals surface area contributed by atoms with Gasteiger partial charge in [0.2, 0.25) is 0 Å². The SMILES string of the molecule is CCC(CC)CN1CCC(N)CC1. The molecule has 1 rings (SSSR count). The number of likely N-dealkylation sites (tertiary alicyclic amines) is 1. The summed E-state index contributed by atoms with van der Waals surface area (Å²) in [5.74, 6) is 0.898. The maximum absolute atomic E-state index is 5.87. The number of hydrogen-bond acceptors (Lipinski definition) is 2. The van der Waals surface area contributed by atoms with Crippen LogP contribution in [0.15, 0.2) is 0 Å². The van der Waals surface area contributed by atoms with Crippen molar-refractivity contribution in [2.75, 3.05) is 19.6 Å². The van der Waals surface area contributed by atoms with E-state index < -0.39 is 0 Å². The van der Waals surface area contributed by atoms with E-state index >= 15 is 0 Å². The van der Waals surface area contributed by atoms with Crippen LogP contribution in [0.4, 0.5) is 0 Å². The van der Waals surface area contributed by atoms with Crippen LogP contribution in [0, 0.1) is 5.92 Å². The van der Waals surface area contributed by atoms with Crippen LogP contribution in [0.3, 0.4) is 0 Å². The lowest BCUT2D eigenvalue weighted by molar-refractivity contribution is 0.179. The first-order valence-electron chi connectivity index (χ1n) is 5.74. The summed E-state index contributed by atoms with van der Waals surface area (Å²) in [4.78, 5) is 2.58. The number of rotatable bonds is 4. The van der Waals surface area contributed by atoms with Gasteiger partial charge in [0.1, 0.15) is 0 Å². The summed E-state index contributed by atoms with van der Waals surface area (Å²) in [6.45, 7) is 8.32. The van der Waals surface area contributed by atoms with Gasteiger partial charge in [-0.2, -0.15) is 0 Å². The molecule has 1 saturated heterocycles. The minimum atomic E-state index is 0.470. The highest BCUT2D eigenvalue weighted by molar-refractivity contribution is 4.75. The van der Waals surface area contributed by atoms with E-state index in [0.29, 0.717) is 6.04 Å². The number of piperidine rings is 1. The Balaban J connectivity index is 2.21. The first kappa shape index (κ1) is 11.0. The predicted octanol–water partition coefficient (Wildman–Crippen LogP) is 1.85. The molecule has 0 amide bonds. The zero-order valence-corrected chi connectivity index (χ0v) is 9.13. The Labute approximate surface area is 82.5 Å². The van der Waals surface area contributed by atoms with E-state index in [-0.39, 0.29) is 0 Å². The first-order valence-corrected chi connectivity index (χ1v) is 5.74. The molecule has 1 fully saturated rings. The average molecular weight is 184 g/mol. The van der Waals surface area contributed by atoms with E-state index in [0.717, 1.165) is 5.92 Å². The van der Waals surface area contributed by atoms with Crippen molar-refractivity contribution in [1.29, 1.82) is 0 Å². The fraction of sp³-hybridized carbons (Fsp3) is 1.00. The molecular formula is C11H24N2. The van der Waals surface area contributed by atoms with Gasteiger partial charge >= 0.3 is 0 Å². The number of nitrogens with zero attached hydrogens (tertiary/aromatic N) is 1. The van der Waals surface area contributed by atoms with E-state index in [1.54, 1.807) is 0 Å². The third-order valence-corrected chi connectivity index (χ3v) is 3.30. The Kier molecular flexibility index (Phi) is 4.74. The second kappa shape index (κ2) is 5.61. The fourth-order valence-electron chi connectivity index (χ4n) is 2.05. The van der Waals surface area contributed by atoms with E-state index in [9.17, 15) is 0 Å². The van der Waals surface area contributed by atoms with Crippen molar-refractivity contribution in [3.05, 3.63) is 0 Å². The van der Waals surface area contributed by atoms with E-state index in [1.807, 2.05) is 0 Å². The van der Waals surface area contributed by atoms with Gasteiger partial charge in [-0.1, -0.05) is 26.7 Å². The summed E-state index contributed by atoms with van der Waals surface area (Å²) in [7, 11) is 0. The molecule has 0 atom stereocenters. The molecule has 0 radical (unpaired) electrons. The molecule has 0 saturated carbocycles. The van der Waals surface area contributed by atoms with Gasteiger partial charge in [-0.3, -0.25) is 0 Å². The zero-order valence-electron chi connectivity index (χ0n) is 9.13. The molecular weight excluding hydrogens is 160 g/mol. The van der Waals surface area contributed by atoms with E-state index in [2.05, 4.69) is 18.7 Å². The smallest absolute Gasteiger partial charge is 0.00631 e. The van der Waals surface area contributed by atoms with Crippen LogP contribution in [-0.4, -0.2) is 30.6 Å². The highest BCUT2D eigenvalue weighted by Gasteiger charge is 2.17. The molecule has 0 aliphatic carbocycles. The summed E-state index contributed by atoms with van der Waals surface area (Å²) in [5, 5.41) is 0. The molecule has 78 valence electrons. The van der Waals surface area contributed by atoms with Gasteiger partial charge in [0, 0.05) is 12.6 Å². The third kappa shape index (κ3) is 3.65. The van der Waals surface area contributed by atoms with Crippen molar-refractivity contribution >= 4 is 0 Å². The van der Waals surface area contributed by atoms with Gasteiger partial charge < -0.3 is 10.6 Å². The summed E-state index contributed by atoms with van der Waals surface area (Å²) in [5.41, 5.74) is 5.87. The summed E-state index contributed by atoms with van der Waals surface area (Å²) >= 11 is 0. The largest absolute Gasteiger partial charge is 0.328 e. The first-order chi connectivity index (χ1) is 6.26. The highest BCUT2D eigenvalue weighted by Crippen LogP contribution is 2.14. The fourth-order valence-corrected chi connectivity index (χ4v) is 2.05. The van der Waals surface area contributed by atoms with Crippen molar-refractivity contribution in [2.45, 2.75) is 45.6 Å². The van der Waals surface area contributed by atoms with Gasteiger partial charge in [-0.05, 0) is 31.8 Å². The number of hydrogen-bond donors (Lipinski definition) is 1. The standard InChI is InChI=1S/C11H24N2/c1-3-10(4-2)9-13-7-5-11(12)6-8-13/h10-11H,3-9,12H2,1-2H3. The summed E-state index contributed by atoms with van der Waals surface area (Å²) < 4.78 is 0. The Morgan fingerprint density at radius 2 is 1.77 bits per heavy atom. The monoisotopic (exact) mass is 184 g/mol. The molecule has 1 aliphatic heterocycles. The van der Waals surface area contributed by atoms with E-state index in [1.165, 1.54) is 45.3 Å². The van der Waals surface area contributed by atoms with E-state index in [4.69, 9.17) is 5.73 Å². The van der Waals surface area contributed by atoms with Gasteiger partial charge in [0.05, 0.1) is 0 Å². The molecule has 0 unspecified atom stereocenters. The molecule has 2 N–H and O–H groups in total. The molecule has 1 heterocycles. The Hall–Kier alpha value is -0.0800. The molecule has 13 heavy (non-hydrogen) atoms. The van der Waals surface area contributed by atoms with Gasteiger partial charge in [-0.15, -0.1) is 0 Å². The summed E-state index contributed by atoms with van der Waals surface area (Å²) in [6, 6.07) is 0.470. The van der Waals surface area contributed by atoms with Crippen molar-refractivity contribution in [3.63, 3.8) is 0 Å². The maximum atomic E-state index is 5.87. The second-order valence-corrected chi connectivity index (χ2v) is 4.32. The van der Waals surface area contributed by atoms with Crippen LogP contribution in [0.25, 0.3) is 0 Å². The van der Waals surface area contributed by atoms with Crippen LogP contribution >= 0.6 is 0 Å².